The smallest absolute Gasteiger partial charge is 0.254 e. The predicted molar refractivity (Wildman–Crippen MR) is 157 cm³/mol. The number of amides is 2. The number of piperazine rings is 1. The van der Waals surface area contributed by atoms with E-state index in [0.29, 0.717) is 31.7 Å². The monoisotopic (exact) mass is 545 g/mol. The molecule has 0 unspecified atom stereocenters. The van der Waals surface area contributed by atoms with Crippen LogP contribution in [0, 0.1) is 0 Å². The number of nitrogens with zero attached hydrogens (tertiary/aromatic N) is 3. The second-order valence-electron chi connectivity index (χ2n) is 11.7. The Labute approximate surface area is 236 Å². The first kappa shape index (κ1) is 27.4. The molecular formula is C32H39N3O3S. The van der Waals surface area contributed by atoms with Crippen molar-refractivity contribution < 1.29 is 14.3 Å². The third-order valence-corrected chi connectivity index (χ3v) is 9.07. The van der Waals surface area contributed by atoms with Crippen LogP contribution in [0.4, 0.5) is 0 Å². The topological polar surface area (TPSA) is 53.1 Å². The Morgan fingerprint density at radius 1 is 0.974 bits per heavy atom. The van der Waals surface area contributed by atoms with Crippen LogP contribution < -0.4 is 4.74 Å². The van der Waals surface area contributed by atoms with Crippen LogP contribution in [0.25, 0.3) is 0 Å². The summed E-state index contributed by atoms with van der Waals surface area (Å²) in [5, 5.41) is 2.15. The molecule has 7 heteroatoms. The van der Waals surface area contributed by atoms with E-state index in [-0.39, 0.29) is 29.3 Å². The molecule has 1 aromatic heterocycles. The molecule has 2 aromatic carbocycles. The third-order valence-electron chi connectivity index (χ3n) is 8.07. The average molecular weight is 546 g/mol. The summed E-state index contributed by atoms with van der Waals surface area (Å²) in [7, 11) is 1.68. The maximum absolute atomic E-state index is 13.6. The van der Waals surface area contributed by atoms with E-state index < -0.39 is 0 Å². The second-order valence-corrected chi connectivity index (χ2v) is 12.7. The molecule has 0 bridgehead atoms. The molecule has 0 N–H and O–H groups in total. The molecule has 1 saturated heterocycles. The average Bonchev–Trinajstić information content (AvgIpc) is 3.41. The molecule has 1 fully saturated rings. The van der Waals surface area contributed by atoms with E-state index in [1.54, 1.807) is 18.4 Å². The summed E-state index contributed by atoms with van der Waals surface area (Å²) in [5.74, 6) is 0.991. The fraction of sp³-hybridized carbons (Fsp3) is 0.438. The van der Waals surface area contributed by atoms with E-state index >= 15 is 0 Å². The highest BCUT2D eigenvalue weighted by Crippen LogP contribution is 2.38. The number of carbonyl (C=O) groups excluding carboxylic acids is 2. The lowest BCUT2D eigenvalue weighted by molar-refractivity contribution is -0.135. The zero-order chi connectivity index (χ0) is 27.7. The van der Waals surface area contributed by atoms with Gasteiger partial charge < -0.3 is 14.5 Å². The highest BCUT2D eigenvalue weighted by Gasteiger charge is 2.34. The zero-order valence-corrected chi connectivity index (χ0v) is 24.5. The minimum atomic E-state index is -0.0419. The summed E-state index contributed by atoms with van der Waals surface area (Å²) in [6.07, 6.45) is 0.958. The summed E-state index contributed by atoms with van der Waals surface area (Å²) in [6.45, 7) is 11.4. The van der Waals surface area contributed by atoms with Crippen molar-refractivity contribution in [1.29, 1.82) is 0 Å². The lowest BCUT2D eigenvalue weighted by atomic mass is 9.86. The highest BCUT2D eigenvalue weighted by atomic mass is 32.1. The van der Waals surface area contributed by atoms with Gasteiger partial charge in [0.05, 0.1) is 19.7 Å². The normalized spacial score (nSPS) is 20.0. The van der Waals surface area contributed by atoms with Gasteiger partial charge in [-0.1, -0.05) is 45.0 Å². The molecule has 2 aliphatic rings. The first-order chi connectivity index (χ1) is 18.7. The van der Waals surface area contributed by atoms with Crippen molar-refractivity contribution in [2.45, 2.75) is 51.6 Å². The van der Waals surface area contributed by atoms with Gasteiger partial charge in [0.2, 0.25) is 5.91 Å². The largest absolute Gasteiger partial charge is 0.497 e. The van der Waals surface area contributed by atoms with Gasteiger partial charge in [0, 0.05) is 42.7 Å². The van der Waals surface area contributed by atoms with Crippen molar-refractivity contribution in [2.24, 2.45) is 0 Å². The molecule has 2 atom stereocenters. The molecule has 3 aromatic rings. The molecule has 2 amide bonds. The van der Waals surface area contributed by atoms with Gasteiger partial charge in [0.1, 0.15) is 5.75 Å². The molecule has 0 aliphatic carbocycles. The van der Waals surface area contributed by atoms with Crippen LogP contribution >= 0.6 is 11.3 Å². The van der Waals surface area contributed by atoms with E-state index in [4.69, 9.17) is 4.74 Å². The van der Waals surface area contributed by atoms with Gasteiger partial charge >= 0.3 is 0 Å². The minimum absolute atomic E-state index is 0.0376. The van der Waals surface area contributed by atoms with Crippen LogP contribution in [-0.4, -0.2) is 72.4 Å². The quantitative estimate of drug-likeness (QED) is 0.432. The van der Waals surface area contributed by atoms with Crippen LogP contribution in [0.3, 0.4) is 0 Å². The Bertz CT molecular complexity index is 1310. The van der Waals surface area contributed by atoms with Crippen LogP contribution in [-0.2, 0) is 16.6 Å². The Balaban J connectivity index is 1.25. The number of methoxy groups -OCH3 is 1. The van der Waals surface area contributed by atoms with Gasteiger partial charge in [0.15, 0.2) is 0 Å². The SMILES string of the molecule is COc1ccc([C@H]2c3ccsc3CCN2CC(=O)N2CCN(C(=O)c3ccc(C(C)(C)C)cc3)[C@H](C)C2)cc1. The molecule has 206 valence electrons. The molecule has 0 spiro atoms. The van der Waals surface area contributed by atoms with Gasteiger partial charge in [-0.15, -0.1) is 11.3 Å². The zero-order valence-electron chi connectivity index (χ0n) is 23.6. The van der Waals surface area contributed by atoms with Gasteiger partial charge in [-0.05, 0) is 71.2 Å². The van der Waals surface area contributed by atoms with E-state index in [9.17, 15) is 9.59 Å². The third kappa shape index (κ3) is 5.75. The van der Waals surface area contributed by atoms with E-state index in [2.05, 4.69) is 61.4 Å². The van der Waals surface area contributed by atoms with Gasteiger partial charge in [-0.25, -0.2) is 0 Å². The predicted octanol–water partition coefficient (Wildman–Crippen LogP) is 5.37. The van der Waals surface area contributed by atoms with Crippen LogP contribution in [0.1, 0.15) is 65.7 Å². The lowest BCUT2D eigenvalue weighted by Crippen LogP contribution is -2.57. The summed E-state index contributed by atoms with van der Waals surface area (Å²) in [5.41, 5.74) is 4.43. The summed E-state index contributed by atoms with van der Waals surface area (Å²) in [6, 6.07) is 18.4. The van der Waals surface area contributed by atoms with Crippen LogP contribution in [0.15, 0.2) is 60.0 Å². The molecule has 0 saturated carbocycles. The second kappa shape index (κ2) is 11.1. The summed E-state index contributed by atoms with van der Waals surface area (Å²) >= 11 is 1.80. The Morgan fingerprint density at radius 2 is 1.69 bits per heavy atom. The molecule has 5 rings (SSSR count). The van der Waals surface area contributed by atoms with E-state index in [1.807, 2.05) is 41.0 Å². The van der Waals surface area contributed by atoms with Crippen molar-refractivity contribution in [1.82, 2.24) is 14.7 Å². The molecular weight excluding hydrogens is 506 g/mol. The number of rotatable bonds is 5. The number of benzene rings is 2. The Hall–Kier alpha value is -3.16. The number of ether oxygens (including phenoxy) is 1. The molecule has 6 nitrogen and oxygen atoms in total. The Kier molecular flexibility index (Phi) is 7.83. The van der Waals surface area contributed by atoms with Crippen molar-refractivity contribution in [3.8, 4) is 5.75 Å². The summed E-state index contributed by atoms with van der Waals surface area (Å²) < 4.78 is 5.36. The van der Waals surface area contributed by atoms with Gasteiger partial charge in [-0.3, -0.25) is 14.5 Å². The van der Waals surface area contributed by atoms with E-state index in [1.165, 1.54) is 21.6 Å². The molecule has 3 heterocycles. The van der Waals surface area contributed by atoms with Crippen molar-refractivity contribution in [2.75, 3.05) is 39.8 Å². The maximum Gasteiger partial charge on any atom is 0.254 e. The number of thiophene rings is 1. The number of fused-ring (bicyclic) bond motifs is 1. The number of hydrogen-bond donors (Lipinski definition) is 0. The highest BCUT2D eigenvalue weighted by molar-refractivity contribution is 7.10. The first-order valence-electron chi connectivity index (χ1n) is 13.8. The maximum atomic E-state index is 13.6. The number of hydrogen-bond acceptors (Lipinski definition) is 5. The van der Waals surface area contributed by atoms with Crippen LogP contribution in [0.5, 0.6) is 5.75 Å². The first-order valence-corrected chi connectivity index (χ1v) is 14.7. The van der Waals surface area contributed by atoms with Crippen LogP contribution in [0.2, 0.25) is 0 Å². The number of carbonyl (C=O) groups is 2. The molecule has 39 heavy (non-hydrogen) atoms. The lowest BCUT2D eigenvalue weighted by Gasteiger charge is -2.42. The van der Waals surface area contributed by atoms with Gasteiger partial charge in [0.25, 0.3) is 5.91 Å². The van der Waals surface area contributed by atoms with E-state index in [0.717, 1.165) is 18.7 Å². The standard InChI is InChI=1S/C32H39N3O3S/c1-22-20-33(17-18-35(22)31(37)24-6-10-25(11-7-24)32(2,3)4)29(36)21-34-16-14-28-27(15-19-39-28)30(34)23-8-12-26(38-5)13-9-23/h6-13,15,19,22,30H,14,16-18,20-21H2,1-5H3/t22-,30+/m1/s1. The molecule has 2 aliphatic heterocycles. The fourth-order valence-corrected chi connectivity index (χ4v) is 6.66. The van der Waals surface area contributed by atoms with Crippen molar-refractivity contribution >= 4 is 23.2 Å². The minimum Gasteiger partial charge on any atom is -0.497 e. The van der Waals surface area contributed by atoms with Gasteiger partial charge in [-0.2, -0.15) is 0 Å². The van der Waals surface area contributed by atoms with Crippen molar-refractivity contribution in [3.05, 3.63) is 87.1 Å². The fourth-order valence-electron chi connectivity index (χ4n) is 5.75. The molecule has 0 radical (unpaired) electrons. The van der Waals surface area contributed by atoms with Crippen molar-refractivity contribution in [3.63, 3.8) is 0 Å². The summed E-state index contributed by atoms with van der Waals surface area (Å²) in [4.78, 5) is 34.4. The Morgan fingerprint density at radius 3 is 2.33 bits per heavy atom.